The van der Waals surface area contributed by atoms with Crippen molar-refractivity contribution >= 4 is 18.0 Å². The van der Waals surface area contributed by atoms with Gasteiger partial charge in [0.2, 0.25) is 0 Å². The van der Waals surface area contributed by atoms with Crippen molar-refractivity contribution in [1.29, 1.82) is 0 Å². The Morgan fingerprint density at radius 3 is 2.80 bits per heavy atom. The first kappa shape index (κ1) is 23.1. The first-order chi connectivity index (χ1) is 17.0. The second-order valence-electron chi connectivity index (χ2n) is 8.73. The predicted octanol–water partition coefficient (Wildman–Crippen LogP) is 2.90. The Labute approximate surface area is 201 Å². The van der Waals surface area contributed by atoms with Crippen LogP contribution in [0.15, 0.2) is 52.6 Å². The molecule has 0 radical (unpaired) electrons. The van der Waals surface area contributed by atoms with Gasteiger partial charge in [0.25, 0.3) is 5.96 Å². The lowest BCUT2D eigenvalue weighted by molar-refractivity contribution is 0.158. The van der Waals surface area contributed by atoms with E-state index in [1.807, 2.05) is 18.2 Å². The van der Waals surface area contributed by atoms with E-state index in [4.69, 9.17) is 15.6 Å². The molecule has 0 aliphatic carbocycles. The van der Waals surface area contributed by atoms with Gasteiger partial charge in [0.05, 0.1) is 25.2 Å². The number of aromatic nitrogens is 2. The summed E-state index contributed by atoms with van der Waals surface area (Å²) in [6.45, 7) is 2.19. The van der Waals surface area contributed by atoms with Gasteiger partial charge in [-0.3, -0.25) is 0 Å². The Balaban J connectivity index is 1.59. The number of nitrogens with one attached hydrogen (secondary N) is 1. The molecular weight excluding hydrogens is 454 g/mol. The van der Waals surface area contributed by atoms with Crippen molar-refractivity contribution in [2.24, 2.45) is 15.7 Å². The van der Waals surface area contributed by atoms with Crippen molar-refractivity contribution in [3.8, 4) is 17.0 Å². The molecule has 1 saturated heterocycles. The van der Waals surface area contributed by atoms with Gasteiger partial charge < -0.3 is 20.9 Å². The lowest BCUT2D eigenvalue weighted by Gasteiger charge is -2.37. The Bertz CT molecular complexity index is 1300. The van der Waals surface area contributed by atoms with Crippen LogP contribution in [0.25, 0.3) is 11.3 Å². The van der Waals surface area contributed by atoms with Gasteiger partial charge >= 0.3 is 0 Å². The molecule has 35 heavy (non-hydrogen) atoms. The molecule has 5 rings (SSSR count). The van der Waals surface area contributed by atoms with Gasteiger partial charge in [0.1, 0.15) is 17.3 Å². The third-order valence-electron chi connectivity index (χ3n) is 6.65. The highest BCUT2D eigenvalue weighted by molar-refractivity contribution is 5.91. The molecule has 0 saturated carbocycles. The maximum Gasteiger partial charge on any atom is 0.252 e. The molecule has 4 N–H and O–H groups in total. The van der Waals surface area contributed by atoms with Crippen LogP contribution in [-0.4, -0.2) is 53.5 Å². The number of nitrogens with zero attached hydrogens (tertiary/aromatic N) is 4. The molecule has 2 aliphatic heterocycles. The van der Waals surface area contributed by atoms with Crippen LogP contribution >= 0.6 is 0 Å². The summed E-state index contributed by atoms with van der Waals surface area (Å²) in [5.41, 5.74) is 8.56. The molecule has 10 heteroatoms. The molecular formula is C25H26F2N6O2. The predicted molar refractivity (Wildman–Crippen MR) is 129 cm³/mol. The topological polar surface area (TPSA) is 110 Å². The van der Waals surface area contributed by atoms with Crippen LogP contribution in [0, 0.1) is 11.6 Å². The van der Waals surface area contributed by atoms with Gasteiger partial charge in [0, 0.05) is 35.2 Å². The van der Waals surface area contributed by atoms with Crippen LogP contribution < -0.4 is 15.8 Å². The zero-order valence-electron chi connectivity index (χ0n) is 19.0. The fourth-order valence-electron chi connectivity index (χ4n) is 4.69. The summed E-state index contributed by atoms with van der Waals surface area (Å²) in [7, 11) is 0. The minimum absolute atomic E-state index is 0.0369. The second kappa shape index (κ2) is 9.55. The number of aliphatic imine (C=N–C) groups is 2. The molecule has 182 valence electrons. The molecule has 0 spiro atoms. The molecule has 0 amide bonds. The number of ether oxygens (including phenoxy) is 1. The normalized spacial score (nSPS) is 17.5. The van der Waals surface area contributed by atoms with E-state index in [0.717, 1.165) is 61.1 Å². The molecule has 0 unspecified atom stereocenters. The average Bonchev–Trinajstić information content (AvgIpc) is 3.22. The van der Waals surface area contributed by atoms with E-state index in [2.05, 4.69) is 15.3 Å². The molecule has 3 heterocycles. The molecule has 0 atom stereocenters. The Hall–Kier alpha value is -3.63. The maximum absolute atomic E-state index is 14.2. The molecule has 0 bridgehead atoms. The Morgan fingerprint density at radius 2 is 2.06 bits per heavy atom. The van der Waals surface area contributed by atoms with E-state index in [1.54, 1.807) is 6.20 Å². The molecule has 1 aromatic heterocycles. The number of fused-ring (bicyclic) bond motifs is 3. The summed E-state index contributed by atoms with van der Waals surface area (Å²) >= 11 is 0. The minimum Gasteiger partial charge on any atom is -0.493 e. The smallest absolute Gasteiger partial charge is 0.252 e. The number of rotatable bonds is 3. The van der Waals surface area contributed by atoms with Gasteiger partial charge in [-0.15, -0.1) is 0 Å². The van der Waals surface area contributed by atoms with Crippen LogP contribution in [0.5, 0.6) is 5.75 Å². The number of piperidine rings is 1. The summed E-state index contributed by atoms with van der Waals surface area (Å²) < 4.78 is 35.0. The van der Waals surface area contributed by atoms with Crippen LogP contribution in [0.2, 0.25) is 0 Å². The first-order valence-electron chi connectivity index (χ1n) is 11.5. The third kappa shape index (κ3) is 4.42. The molecule has 3 aromatic rings. The van der Waals surface area contributed by atoms with E-state index in [1.165, 1.54) is 10.7 Å². The van der Waals surface area contributed by atoms with E-state index in [9.17, 15) is 13.9 Å². The van der Waals surface area contributed by atoms with Gasteiger partial charge in [-0.2, -0.15) is 5.10 Å². The van der Waals surface area contributed by atoms with Crippen molar-refractivity contribution < 1.29 is 18.6 Å². The van der Waals surface area contributed by atoms with Crippen molar-refractivity contribution in [2.45, 2.75) is 24.7 Å². The lowest BCUT2D eigenvalue weighted by atomic mass is 9.73. The fraction of sp³-hybridized carbons (Fsp3) is 0.320. The minimum atomic E-state index is -0.817. The highest BCUT2D eigenvalue weighted by atomic mass is 19.1. The quantitative estimate of drug-likeness (QED) is 0.395. The summed E-state index contributed by atoms with van der Waals surface area (Å²) in [5.74, 6) is -0.777. The van der Waals surface area contributed by atoms with Gasteiger partial charge in [-0.25, -0.2) is 23.4 Å². The monoisotopic (exact) mass is 480 g/mol. The van der Waals surface area contributed by atoms with Crippen molar-refractivity contribution in [1.82, 2.24) is 15.1 Å². The molecule has 2 aromatic carbocycles. The second-order valence-corrected chi connectivity index (χ2v) is 8.73. The Morgan fingerprint density at radius 1 is 1.23 bits per heavy atom. The number of nitrogens with two attached hydrogens (primary N) is 1. The van der Waals surface area contributed by atoms with Gasteiger partial charge in [-0.05, 0) is 55.8 Å². The molecule has 8 nitrogen and oxygen atoms in total. The number of aliphatic hydroxyl groups excluding tert-OH is 1. The number of hydrogen-bond acceptors (Lipinski definition) is 5. The molecule has 2 aliphatic rings. The van der Waals surface area contributed by atoms with Crippen molar-refractivity contribution in [2.75, 3.05) is 26.3 Å². The van der Waals surface area contributed by atoms with Gasteiger partial charge in [-0.1, -0.05) is 6.07 Å². The summed E-state index contributed by atoms with van der Waals surface area (Å²) in [5, 5.41) is 18.4. The summed E-state index contributed by atoms with van der Waals surface area (Å²) in [6, 6.07) is 9.10. The highest BCUT2D eigenvalue weighted by Crippen LogP contribution is 2.40. The number of aliphatic hydroxyl groups is 1. The van der Waals surface area contributed by atoms with E-state index < -0.39 is 11.6 Å². The number of halogens is 2. The SMILES string of the molecule is NC=NC(=Nc1ccc(F)cc1F)n1cc2c(n1)-c1cc(C3(CO)CCNCC3)ccc1OCC2. The van der Waals surface area contributed by atoms with Crippen molar-refractivity contribution in [3.05, 3.63) is 65.4 Å². The highest BCUT2D eigenvalue weighted by Gasteiger charge is 2.34. The summed E-state index contributed by atoms with van der Waals surface area (Å²) in [4.78, 5) is 8.29. The summed E-state index contributed by atoms with van der Waals surface area (Å²) in [6.07, 6.45) is 5.06. The Kier molecular flexibility index (Phi) is 6.31. The number of benzene rings is 2. The maximum atomic E-state index is 14.2. The third-order valence-corrected chi connectivity index (χ3v) is 6.65. The van der Waals surface area contributed by atoms with Gasteiger partial charge in [0.15, 0.2) is 5.82 Å². The zero-order chi connectivity index (χ0) is 24.4. The van der Waals surface area contributed by atoms with E-state index >= 15 is 0 Å². The van der Waals surface area contributed by atoms with E-state index in [0.29, 0.717) is 24.5 Å². The first-order valence-corrected chi connectivity index (χ1v) is 11.5. The molecule has 1 fully saturated rings. The standard InChI is InChI=1S/C25H26F2N6O2/c26-18-2-3-21(20(27)12-18)31-24(30-15-28)33-13-16-5-10-35-22-4-1-17(11-19(22)23(16)32-33)25(14-34)6-8-29-9-7-25/h1-4,11-13,15,29,34H,5-10,14H2,(H2,28,30,31). The largest absolute Gasteiger partial charge is 0.493 e. The lowest BCUT2D eigenvalue weighted by Crippen LogP contribution is -2.42. The zero-order valence-corrected chi connectivity index (χ0v) is 19.0. The van der Waals surface area contributed by atoms with Crippen LogP contribution in [0.3, 0.4) is 0 Å². The fourth-order valence-corrected chi connectivity index (χ4v) is 4.69. The average molecular weight is 481 g/mol. The van der Waals surface area contributed by atoms with Crippen LogP contribution in [0.1, 0.15) is 24.0 Å². The van der Waals surface area contributed by atoms with E-state index in [-0.39, 0.29) is 23.7 Å². The van der Waals surface area contributed by atoms with Crippen LogP contribution in [-0.2, 0) is 11.8 Å². The number of hydrogen-bond donors (Lipinski definition) is 3. The van der Waals surface area contributed by atoms with Crippen LogP contribution in [0.4, 0.5) is 14.5 Å². The van der Waals surface area contributed by atoms with Crippen molar-refractivity contribution in [3.63, 3.8) is 0 Å².